The highest BCUT2D eigenvalue weighted by Crippen LogP contribution is 2.24. The minimum absolute atomic E-state index is 0.0615. The first-order valence-corrected chi connectivity index (χ1v) is 9.78. The van der Waals surface area contributed by atoms with Gasteiger partial charge < -0.3 is 10.4 Å². The lowest BCUT2D eigenvalue weighted by Gasteiger charge is -2.11. The Morgan fingerprint density at radius 3 is 2.60 bits per heavy atom. The first kappa shape index (κ1) is 19.5. The van der Waals surface area contributed by atoms with Crippen LogP contribution in [-0.2, 0) is 4.79 Å². The van der Waals surface area contributed by atoms with Gasteiger partial charge in [-0.05, 0) is 51.0 Å². The maximum atomic E-state index is 12.1. The highest BCUT2D eigenvalue weighted by Gasteiger charge is 2.19. The van der Waals surface area contributed by atoms with Crippen molar-refractivity contribution >= 4 is 35.0 Å². The van der Waals surface area contributed by atoms with Gasteiger partial charge in [0.05, 0.1) is 11.7 Å². The zero-order valence-electron chi connectivity index (χ0n) is 14.8. The van der Waals surface area contributed by atoms with E-state index in [1.165, 1.54) is 11.1 Å². The SMILES string of the molecule is Cc1ccc(SCCC(=O)NC(C)c2nc(C)c(C(=O)O)s2)cc1C. The van der Waals surface area contributed by atoms with E-state index in [4.69, 9.17) is 5.11 Å². The molecule has 0 bridgehead atoms. The topological polar surface area (TPSA) is 79.3 Å². The third-order valence-corrected chi connectivity index (χ3v) is 6.16. The summed E-state index contributed by atoms with van der Waals surface area (Å²) in [4.78, 5) is 28.8. The number of hydrogen-bond donors (Lipinski definition) is 2. The van der Waals surface area contributed by atoms with Crippen molar-refractivity contribution < 1.29 is 14.7 Å². The van der Waals surface area contributed by atoms with Crippen LogP contribution >= 0.6 is 23.1 Å². The van der Waals surface area contributed by atoms with Crippen LogP contribution in [0.5, 0.6) is 0 Å². The molecule has 1 amide bonds. The van der Waals surface area contributed by atoms with Gasteiger partial charge in [-0.3, -0.25) is 4.79 Å². The second-order valence-corrected chi connectivity index (χ2v) is 8.10. The number of carboxylic acids is 1. The molecule has 0 aliphatic heterocycles. The van der Waals surface area contributed by atoms with E-state index < -0.39 is 5.97 Å². The van der Waals surface area contributed by atoms with Gasteiger partial charge in [0.25, 0.3) is 0 Å². The van der Waals surface area contributed by atoms with Crippen LogP contribution in [0.25, 0.3) is 0 Å². The number of amides is 1. The predicted octanol–water partition coefficient (Wildman–Crippen LogP) is 4.13. The quantitative estimate of drug-likeness (QED) is 0.708. The summed E-state index contributed by atoms with van der Waals surface area (Å²) < 4.78 is 0. The zero-order valence-corrected chi connectivity index (χ0v) is 16.4. The van der Waals surface area contributed by atoms with Gasteiger partial charge in [-0.1, -0.05) is 6.07 Å². The van der Waals surface area contributed by atoms with E-state index in [1.807, 2.05) is 6.92 Å². The zero-order chi connectivity index (χ0) is 18.6. The van der Waals surface area contributed by atoms with Crippen molar-refractivity contribution in [2.75, 3.05) is 5.75 Å². The van der Waals surface area contributed by atoms with Crippen LogP contribution < -0.4 is 5.32 Å². The molecule has 1 aromatic carbocycles. The van der Waals surface area contributed by atoms with Crippen molar-refractivity contribution in [2.24, 2.45) is 0 Å². The first-order chi connectivity index (χ1) is 11.8. The summed E-state index contributed by atoms with van der Waals surface area (Å²) in [5.74, 6) is -0.351. The van der Waals surface area contributed by atoms with E-state index >= 15 is 0 Å². The molecule has 1 heterocycles. The molecule has 2 aromatic rings. The molecule has 0 spiro atoms. The van der Waals surface area contributed by atoms with Crippen LogP contribution in [0, 0.1) is 20.8 Å². The highest BCUT2D eigenvalue weighted by molar-refractivity contribution is 7.99. The largest absolute Gasteiger partial charge is 0.477 e. The Balaban J connectivity index is 1.84. The second-order valence-electron chi connectivity index (χ2n) is 5.91. The average molecular weight is 379 g/mol. The van der Waals surface area contributed by atoms with E-state index in [-0.39, 0.29) is 16.8 Å². The normalized spacial score (nSPS) is 12.0. The maximum Gasteiger partial charge on any atom is 0.347 e. The standard InChI is InChI=1S/C18H22N2O3S2/c1-10-5-6-14(9-11(10)2)24-8-7-15(21)19-13(4)17-20-12(3)16(25-17)18(22)23/h5-6,9,13H,7-8H2,1-4H3,(H,19,21)(H,22,23). The first-order valence-electron chi connectivity index (χ1n) is 7.98. The minimum Gasteiger partial charge on any atom is -0.477 e. The lowest BCUT2D eigenvalue weighted by Crippen LogP contribution is -2.26. The molecule has 1 aromatic heterocycles. The highest BCUT2D eigenvalue weighted by atomic mass is 32.2. The van der Waals surface area contributed by atoms with Crippen molar-refractivity contribution in [3.8, 4) is 0 Å². The van der Waals surface area contributed by atoms with Crippen LogP contribution in [0.1, 0.15) is 50.9 Å². The van der Waals surface area contributed by atoms with Crippen molar-refractivity contribution in [3.05, 3.63) is 44.9 Å². The van der Waals surface area contributed by atoms with Gasteiger partial charge in [0.1, 0.15) is 9.88 Å². The number of hydrogen-bond acceptors (Lipinski definition) is 5. The summed E-state index contributed by atoms with van der Waals surface area (Å²) in [5, 5.41) is 12.6. The number of carboxylic acid groups (broad SMARTS) is 1. The number of nitrogens with zero attached hydrogens (tertiary/aromatic N) is 1. The number of carbonyl (C=O) groups excluding carboxylic acids is 1. The summed E-state index contributed by atoms with van der Waals surface area (Å²) >= 11 is 2.76. The van der Waals surface area contributed by atoms with Crippen LogP contribution in [0.2, 0.25) is 0 Å². The van der Waals surface area contributed by atoms with Crippen molar-refractivity contribution in [3.63, 3.8) is 0 Å². The summed E-state index contributed by atoms with van der Waals surface area (Å²) in [7, 11) is 0. The van der Waals surface area contributed by atoms with Crippen LogP contribution in [0.15, 0.2) is 23.1 Å². The molecule has 0 fully saturated rings. The Kier molecular flexibility index (Phi) is 6.61. The monoisotopic (exact) mass is 378 g/mol. The number of thioether (sulfide) groups is 1. The van der Waals surface area contributed by atoms with Gasteiger partial charge in [0, 0.05) is 17.1 Å². The number of nitrogens with one attached hydrogen (secondary N) is 1. The summed E-state index contributed by atoms with van der Waals surface area (Å²) in [5.41, 5.74) is 2.99. The number of thiazole rings is 1. The molecule has 2 N–H and O–H groups in total. The van der Waals surface area contributed by atoms with Crippen molar-refractivity contribution in [1.29, 1.82) is 0 Å². The molecule has 7 heteroatoms. The molecule has 1 atom stereocenters. The van der Waals surface area contributed by atoms with Gasteiger partial charge >= 0.3 is 5.97 Å². The number of carbonyl (C=O) groups is 2. The third kappa shape index (κ3) is 5.31. The number of benzene rings is 1. The molecule has 0 aliphatic rings. The summed E-state index contributed by atoms with van der Waals surface area (Å²) in [6, 6.07) is 5.99. The van der Waals surface area contributed by atoms with Crippen LogP contribution in [0.4, 0.5) is 0 Å². The fraction of sp³-hybridized carbons (Fsp3) is 0.389. The van der Waals surface area contributed by atoms with Crippen molar-refractivity contribution in [1.82, 2.24) is 10.3 Å². The second kappa shape index (κ2) is 8.49. The molecule has 134 valence electrons. The molecule has 0 saturated carbocycles. The van der Waals surface area contributed by atoms with Crippen LogP contribution in [0.3, 0.4) is 0 Å². The fourth-order valence-corrected chi connectivity index (χ4v) is 4.10. The number of aromatic carboxylic acids is 1. The molecule has 0 aliphatic carbocycles. The molecule has 5 nitrogen and oxygen atoms in total. The Hall–Kier alpha value is -1.86. The molecular weight excluding hydrogens is 356 g/mol. The Labute approximate surface area is 155 Å². The molecule has 25 heavy (non-hydrogen) atoms. The molecule has 0 saturated heterocycles. The van der Waals surface area contributed by atoms with E-state index in [2.05, 4.69) is 42.3 Å². The minimum atomic E-state index is -0.982. The van der Waals surface area contributed by atoms with Gasteiger partial charge in [-0.25, -0.2) is 9.78 Å². The lowest BCUT2D eigenvalue weighted by molar-refractivity contribution is -0.121. The van der Waals surface area contributed by atoms with Gasteiger partial charge in [-0.2, -0.15) is 0 Å². The number of rotatable bonds is 7. The third-order valence-electron chi connectivity index (χ3n) is 3.83. The predicted molar refractivity (Wildman–Crippen MR) is 102 cm³/mol. The Morgan fingerprint density at radius 2 is 2.00 bits per heavy atom. The van der Waals surface area contributed by atoms with E-state index in [0.29, 0.717) is 22.9 Å². The summed E-state index contributed by atoms with van der Waals surface area (Å²) in [6.45, 7) is 7.64. The molecule has 0 radical (unpaired) electrons. The Bertz CT molecular complexity index is 787. The summed E-state index contributed by atoms with van der Waals surface area (Å²) in [6.07, 6.45) is 0.401. The van der Waals surface area contributed by atoms with Gasteiger partial charge in [0.2, 0.25) is 5.91 Å². The molecule has 2 rings (SSSR count). The van der Waals surface area contributed by atoms with Gasteiger partial charge in [-0.15, -0.1) is 23.1 Å². The van der Waals surface area contributed by atoms with E-state index in [1.54, 1.807) is 18.7 Å². The smallest absolute Gasteiger partial charge is 0.347 e. The van der Waals surface area contributed by atoms with Crippen LogP contribution in [-0.4, -0.2) is 27.7 Å². The maximum absolute atomic E-state index is 12.1. The fourth-order valence-electron chi connectivity index (χ4n) is 2.24. The average Bonchev–Trinajstić information content (AvgIpc) is 2.93. The number of aromatic nitrogens is 1. The molecule has 1 unspecified atom stereocenters. The number of aryl methyl sites for hydroxylation is 3. The van der Waals surface area contributed by atoms with E-state index in [9.17, 15) is 9.59 Å². The van der Waals surface area contributed by atoms with E-state index in [0.717, 1.165) is 16.2 Å². The van der Waals surface area contributed by atoms with Crippen molar-refractivity contribution in [2.45, 2.75) is 45.1 Å². The van der Waals surface area contributed by atoms with Gasteiger partial charge in [0.15, 0.2) is 0 Å². The Morgan fingerprint density at radius 1 is 1.28 bits per heavy atom. The molecular formula is C18H22N2O3S2. The lowest BCUT2D eigenvalue weighted by atomic mass is 10.1.